The Kier molecular flexibility index (Phi) is 4.77. The second kappa shape index (κ2) is 6.55. The van der Waals surface area contributed by atoms with Crippen LogP contribution in [-0.2, 0) is 0 Å². The molecule has 0 aliphatic heterocycles. The lowest BCUT2D eigenvalue weighted by molar-refractivity contribution is 0.0696. The number of hydrogen-bond acceptors (Lipinski definition) is 2. The lowest BCUT2D eigenvalue weighted by Gasteiger charge is -2.28. The van der Waals surface area contributed by atoms with Gasteiger partial charge in [-0.2, -0.15) is 0 Å². The summed E-state index contributed by atoms with van der Waals surface area (Å²) >= 11 is 0. The smallest absolute Gasteiger partial charge is 0.335 e. The molecule has 4 nitrogen and oxygen atoms in total. The summed E-state index contributed by atoms with van der Waals surface area (Å²) in [6.45, 7) is 2.06. The van der Waals surface area contributed by atoms with Crippen molar-refractivity contribution in [2.24, 2.45) is 5.92 Å². The van der Waals surface area contributed by atoms with E-state index >= 15 is 0 Å². The first-order valence-corrected chi connectivity index (χ1v) is 7.22. The third-order valence-corrected chi connectivity index (χ3v) is 4.11. The lowest BCUT2D eigenvalue weighted by atomic mass is 9.84. The molecule has 4 heteroatoms. The van der Waals surface area contributed by atoms with Crippen LogP contribution in [-0.4, -0.2) is 23.0 Å². The van der Waals surface area contributed by atoms with Crippen LogP contribution in [0.5, 0.6) is 0 Å². The first kappa shape index (κ1) is 14.6. The predicted molar refractivity (Wildman–Crippen MR) is 76.9 cm³/mol. The van der Waals surface area contributed by atoms with Gasteiger partial charge in [0.25, 0.3) is 5.91 Å². The van der Waals surface area contributed by atoms with E-state index in [4.69, 9.17) is 5.11 Å². The summed E-state index contributed by atoms with van der Waals surface area (Å²) in [4.78, 5) is 22.9. The van der Waals surface area contributed by atoms with E-state index in [2.05, 4.69) is 12.2 Å². The summed E-state index contributed by atoms with van der Waals surface area (Å²) in [6.07, 6.45) is 6.16. The number of amides is 1. The highest BCUT2D eigenvalue weighted by atomic mass is 16.4. The van der Waals surface area contributed by atoms with Crippen LogP contribution in [0.4, 0.5) is 0 Å². The number of carbonyl (C=O) groups excluding carboxylic acids is 1. The minimum atomic E-state index is -0.979. The number of benzene rings is 1. The van der Waals surface area contributed by atoms with Gasteiger partial charge in [-0.3, -0.25) is 4.79 Å². The molecule has 1 atom stereocenters. The van der Waals surface area contributed by atoms with Crippen LogP contribution in [0, 0.1) is 5.92 Å². The highest BCUT2D eigenvalue weighted by Crippen LogP contribution is 2.26. The van der Waals surface area contributed by atoms with Gasteiger partial charge in [0.15, 0.2) is 0 Å². The maximum absolute atomic E-state index is 12.1. The molecule has 20 heavy (non-hydrogen) atoms. The van der Waals surface area contributed by atoms with E-state index in [1.165, 1.54) is 44.2 Å². The van der Waals surface area contributed by atoms with Crippen LogP contribution in [0.15, 0.2) is 24.3 Å². The van der Waals surface area contributed by atoms with Gasteiger partial charge >= 0.3 is 5.97 Å². The Morgan fingerprint density at radius 3 is 2.20 bits per heavy atom. The van der Waals surface area contributed by atoms with E-state index < -0.39 is 5.97 Å². The third kappa shape index (κ3) is 3.59. The molecule has 0 saturated heterocycles. The van der Waals surface area contributed by atoms with Gasteiger partial charge < -0.3 is 10.4 Å². The summed E-state index contributed by atoms with van der Waals surface area (Å²) in [7, 11) is 0. The molecule has 2 N–H and O–H groups in total. The molecule has 0 bridgehead atoms. The molecule has 1 aromatic carbocycles. The van der Waals surface area contributed by atoms with Crippen molar-refractivity contribution in [3.8, 4) is 0 Å². The number of hydrogen-bond donors (Lipinski definition) is 2. The molecule has 0 aromatic heterocycles. The number of nitrogens with one attached hydrogen (secondary N) is 1. The molecule has 2 rings (SSSR count). The molecule has 1 fully saturated rings. The van der Waals surface area contributed by atoms with E-state index in [-0.39, 0.29) is 17.5 Å². The van der Waals surface area contributed by atoms with Crippen LogP contribution in [0.3, 0.4) is 0 Å². The molecule has 0 radical (unpaired) electrons. The van der Waals surface area contributed by atoms with Crippen LogP contribution in [0.1, 0.15) is 59.7 Å². The Hall–Kier alpha value is -1.84. The average Bonchev–Trinajstić information content (AvgIpc) is 2.48. The van der Waals surface area contributed by atoms with Crippen molar-refractivity contribution in [1.82, 2.24) is 5.32 Å². The van der Waals surface area contributed by atoms with E-state index in [9.17, 15) is 9.59 Å². The summed E-state index contributed by atoms with van der Waals surface area (Å²) in [6, 6.07) is 6.21. The minimum absolute atomic E-state index is 0.125. The van der Waals surface area contributed by atoms with Crippen molar-refractivity contribution in [2.75, 3.05) is 0 Å². The van der Waals surface area contributed by atoms with E-state index in [0.29, 0.717) is 11.5 Å². The first-order chi connectivity index (χ1) is 9.58. The fourth-order valence-electron chi connectivity index (χ4n) is 2.81. The fourth-order valence-corrected chi connectivity index (χ4v) is 2.81. The lowest BCUT2D eigenvalue weighted by Crippen LogP contribution is -2.38. The van der Waals surface area contributed by atoms with Gasteiger partial charge in [0.1, 0.15) is 0 Å². The molecule has 1 amide bonds. The SMILES string of the molecule is CC(NC(=O)c1ccc(C(=O)O)cc1)C1CCCCC1. The quantitative estimate of drug-likeness (QED) is 0.887. The Morgan fingerprint density at radius 1 is 1.10 bits per heavy atom. The standard InChI is InChI=1S/C16H21NO3/c1-11(12-5-3-2-4-6-12)17-15(18)13-7-9-14(10-8-13)16(19)20/h7-12H,2-6H2,1H3,(H,17,18)(H,19,20). The molecule has 0 spiro atoms. The molecule has 1 aromatic rings. The minimum Gasteiger partial charge on any atom is -0.478 e. The van der Waals surface area contributed by atoms with E-state index in [0.717, 1.165) is 0 Å². The molecule has 1 saturated carbocycles. The Bertz CT molecular complexity index is 475. The summed E-state index contributed by atoms with van der Waals surface area (Å²) < 4.78 is 0. The topological polar surface area (TPSA) is 66.4 Å². The number of carboxylic acid groups (broad SMARTS) is 1. The third-order valence-electron chi connectivity index (χ3n) is 4.11. The van der Waals surface area contributed by atoms with Crippen LogP contribution < -0.4 is 5.32 Å². The number of aromatic carboxylic acids is 1. The average molecular weight is 275 g/mol. The predicted octanol–water partition coefficient (Wildman–Crippen LogP) is 3.08. The second-order valence-corrected chi connectivity index (χ2v) is 5.54. The molecule has 1 aliphatic rings. The van der Waals surface area contributed by atoms with Crippen molar-refractivity contribution >= 4 is 11.9 Å². The molecule has 0 heterocycles. The molecule has 1 unspecified atom stereocenters. The van der Waals surface area contributed by atoms with Gasteiger partial charge in [0.05, 0.1) is 5.56 Å². The normalized spacial score (nSPS) is 17.4. The van der Waals surface area contributed by atoms with Gasteiger partial charge in [-0.25, -0.2) is 4.79 Å². The van der Waals surface area contributed by atoms with Crippen LogP contribution in [0.2, 0.25) is 0 Å². The van der Waals surface area contributed by atoms with Gasteiger partial charge in [0.2, 0.25) is 0 Å². The number of carbonyl (C=O) groups is 2. The Labute approximate surface area is 119 Å². The maximum atomic E-state index is 12.1. The summed E-state index contributed by atoms with van der Waals surface area (Å²) in [5.74, 6) is -0.543. The number of carboxylic acids is 1. The van der Waals surface area contributed by atoms with Crippen LogP contribution in [0.25, 0.3) is 0 Å². The highest BCUT2D eigenvalue weighted by molar-refractivity contribution is 5.96. The van der Waals surface area contributed by atoms with Crippen molar-refractivity contribution in [3.05, 3.63) is 35.4 Å². The Balaban J connectivity index is 1.95. The zero-order valence-electron chi connectivity index (χ0n) is 11.8. The van der Waals surface area contributed by atoms with Gasteiger partial charge in [0, 0.05) is 11.6 Å². The molecule has 1 aliphatic carbocycles. The summed E-state index contributed by atoms with van der Waals surface area (Å²) in [5, 5.41) is 11.9. The van der Waals surface area contributed by atoms with Gasteiger partial charge in [-0.1, -0.05) is 19.3 Å². The van der Waals surface area contributed by atoms with Crippen molar-refractivity contribution < 1.29 is 14.7 Å². The van der Waals surface area contributed by atoms with Gasteiger partial charge in [-0.15, -0.1) is 0 Å². The maximum Gasteiger partial charge on any atom is 0.335 e. The zero-order valence-corrected chi connectivity index (χ0v) is 11.8. The monoisotopic (exact) mass is 275 g/mol. The van der Waals surface area contributed by atoms with Crippen molar-refractivity contribution in [2.45, 2.75) is 45.1 Å². The van der Waals surface area contributed by atoms with E-state index in [1.54, 1.807) is 12.1 Å². The highest BCUT2D eigenvalue weighted by Gasteiger charge is 2.21. The fraction of sp³-hybridized carbons (Fsp3) is 0.500. The van der Waals surface area contributed by atoms with Crippen LogP contribution >= 0.6 is 0 Å². The second-order valence-electron chi connectivity index (χ2n) is 5.54. The van der Waals surface area contributed by atoms with Gasteiger partial charge in [-0.05, 0) is 49.9 Å². The zero-order chi connectivity index (χ0) is 14.5. The summed E-state index contributed by atoms with van der Waals surface area (Å²) in [5.41, 5.74) is 0.708. The molecular formula is C16H21NO3. The molecule has 108 valence electrons. The van der Waals surface area contributed by atoms with Crippen molar-refractivity contribution in [3.63, 3.8) is 0 Å². The largest absolute Gasteiger partial charge is 0.478 e. The Morgan fingerprint density at radius 2 is 1.65 bits per heavy atom. The first-order valence-electron chi connectivity index (χ1n) is 7.22. The van der Waals surface area contributed by atoms with E-state index in [1.807, 2.05) is 0 Å². The molecular weight excluding hydrogens is 254 g/mol. The number of rotatable bonds is 4. The van der Waals surface area contributed by atoms with Crippen molar-refractivity contribution in [1.29, 1.82) is 0 Å².